The van der Waals surface area contributed by atoms with E-state index in [-0.39, 0.29) is 0 Å². The van der Waals surface area contributed by atoms with Crippen LogP contribution in [-0.4, -0.2) is 17.0 Å². The molecule has 2 heterocycles. The summed E-state index contributed by atoms with van der Waals surface area (Å²) < 4.78 is 0.809. The minimum absolute atomic E-state index is 0.730. The quantitative estimate of drug-likeness (QED) is 0.851. The summed E-state index contributed by atoms with van der Waals surface area (Å²) >= 11 is 7.51. The van der Waals surface area contributed by atoms with Crippen LogP contribution in [0.4, 0.5) is 11.6 Å². The molecule has 0 atom stereocenters. The van der Waals surface area contributed by atoms with Gasteiger partial charge in [-0.25, -0.2) is 9.97 Å². The number of aromatic nitrogens is 2. The summed E-state index contributed by atoms with van der Waals surface area (Å²) in [5.74, 6) is 1.79. The summed E-state index contributed by atoms with van der Waals surface area (Å²) in [7, 11) is 1.88. The monoisotopic (exact) mass is 296 g/mol. The Bertz CT molecular complexity index is 541. The second kappa shape index (κ2) is 6.73. The van der Waals surface area contributed by atoms with E-state index in [0.29, 0.717) is 0 Å². The number of halogens is 1. The average Bonchev–Trinajstić information content (AvgIpc) is 2.83. The largest absolute Gasteiger partial charge is 0.373 e. The Morgan fingerprint density at radius 1 is 1.26 bits per heavy atom. The molecular weight excluding hydrogens is 280 g/mol. The van der Waals surface area contributed by atoms with E-state index in [9.17, 15) is 0 Å². The van der Waals surface area contributed by atoms with Gasteiger partial charge in [-0.3, -0.25) is 0 Å². The van der Waals surface area contributed by atoms with Gasteiger partial charge in [-0.2, -0.15) is 0 Å². The third-order valence-corrected chi connectivity index (χ3v) is 3.97. The van der Waals surface area contributed by atoms with E-state index in [2.05, 4.69) is 27.5 Å². The predicted molar refractivity (Wildman–Crippen MR) is 82.2 cm³/mol. The van der Waals surface area contributed by atoms with Gasteiger partial charge in [0.25, 0.3) is 0 Å². The lowest BCUT2D eigenvalue weighted by molar-refractivity contribution is 0.899. The van der Waals surface area contributed by atoms with Gasteiger partial charge in [0.2, 0.25) is 0 Å². The van der Waals surface area contributed by atoms with Crippen molar-refractivity contribution in [2.45, 2.75) is 26.3 Å². The number of hydrogen-bond acceptors (Lipinski definition) is 5. The summed E-state index contributed by atoms with van der Waals surface area (Å²) in [6.45, 7) is 2.88. The van der Waals surface area contributed by atoms with E-state index in [1.54, 1.807) is 17.7 Å². The zero-order valence-corrected chi connectivity index (χ0v) is 12.6. The van der Waals surface area contributed by atoms with E-state index in [1.807, 2.05) is 19.2 Å². The summed E-state index contributed by atoms with van der Waals surface area (Å²) in [5, 5.41) is 6.48. The predicted octanol–water partition coefficient (Wildman–Crippen LogP) is 3.80. The van der Waals surface area contributed by atoms with Crippen LogP contribution in [0.1, 0.15) is 23.8 Å². The lowest BCUT2D eigenvalue weighted by Gasteiger charge is -2.13. The van der Waals surface area contributed by atoms with Crippen LogP contribution in [0.25, 0.3) is 0 Å². The first kappa shape index (κ1) is 14.1. The molecule has 0 saturated carbocycles. The number of anilines is 2. The summed E-state index contributed by atoms with van der Waals surface area (Å²) in [6, 6.07) is 3.94. The molecule has 0 saturated heterocycles. The molecule has 0 amide bonds. The van der Waals surface area contributed by atoms with Crippen molar-refractivity contribution in [1.29, 1.82) is 0 Å². The van der Waals surface area contributed by atoms with E-state index in [1.165, 1.54) is 4.88 Å². The zero-order chi connectivity index (χ0) is 13.7. The van der Waals surface area contributed by atoms with E-state index < -0.39 is 0 Å². The van der Waals surface area contributed by atoms with Gasteiger partial charge >= 0.3 is 0 Å². The Balaban J connectivity index is 2.14. The normalized spacial score (nSPS) is 10.5. The van der Waals surface area contributed by atoms with E-state index in [0.717, 1.165) is 40.9 Å². The Hall–Kier alpha value is -1.33. The van der Waals surface area contributed by atoms with Gasteiger partial charge in [-0.05, 0) is 18.6 Å². The van der Waals surface area contributed by atoms with E-state index in [4.69, 9.17) is 11.6 Å². The van der Waals surface area contributed by atoms with Crippen molar-refractivity contribution in [3.63, 3.8) is 0 Å². The molecule has 102 valence electrons. The Morgan fingerprint density at radius 2 is 2.05 bits per heavy atom. The van der Waals surface area contributed by atoms with Crippen LogP contribution >= 0.6 is 22.9 Å². The van der Waals surface area contributed by atoms with Crippen molar-refractivity contribution >= 4 is 34.6 Å². The fourth-order valence-corrected chi connectivity index (χ4v) is 2.91. The number of thiophene rings is 1. The molecular formula is C13H17ClN4S. The summed E-state index contributed by atoms with van der Waals surface area (Å²) in [5.41, 5.74) is 1.13. The highest BCUT2D eigenvalue weighted by molar-refractivity contribution is 7.16. The van der Waals surface area contributed by atoms with Gasteiger partial charge in [-0.15, -0.1) is 11.3 Å². The minimum atomic E-state index is 0.730. The Labute approximate surface area is 122 Å². The molecule has 0 aromatic carbocycles. The molecule has 0 unspecified atom stereocenters. The fraction of sp³-hybridized carbons (Fsp3) is 0.385. The number of nitrogens with one attached hydrogen (secondary N) is 2. The fourth-order valence-electron chi connectivity index (χ4n) is 1.88. The van der Waals surface area contributed by atoms with Crippen LogP contribution in [0.3, 0.4) is 0 Å². The van der Waals surface area contributed by atoms with Gasteiger partial charge in [0, 0.05) is 17.5 Å². The molecule has 2 aromatic heterocycles. The van der Waals surface area contributed by atoms with Crippen LogP contribution in [0.5, 0.6) is 0 Å². The van der Waals surface area contributed by atoms with Crippen molar-refractivity contribution in [2.75, 3.05) is 17.7 Å². The molecule has 0 fully saturated rings. The van der Waals surface area contributed by atoms with Crippen LogP contribution in [0.2, 0.25) is 4.34 Å². The molecule has 19 heavy (non-hydrogen) atoms. The molecule has 0 aliphatic carbocycles. The third kappa shape index (κ3) is 3.58. The molecule has 0 bridgehead atoms. The highest BCUT2D eigenvalue weighted by atomic mass is 35.5. The standard InChI is InChI=1S/C13H17ClN4S/c1-3-4-10-12(15-2)17-8-18-13(10)16-7-9-5-6-11(14)19-9/h5-6,8H,3-4,7H2,1-2H3,(H2,15,16,17,18). The smallest absolute Gasteiger partial charge is 0.135 e. The minimum Gasteiger partial charge on any atom is -0.373 e. The zero-order valence-electron chi connectivity index (χ0n) is 11.0. The van der Waals surface area contributed by atoms with Crippen LogP contribution in [-0.2, 0) is 13.0 Å². The Morgan fingerprint density at radius 3 is 2.68 bits per heavy atom. The molecule has 2 aromatic rings. The molecule has 4 nitrogen and oxygen atoms in total. The van der Waals surface area contributed by atoms with Gasteiger partial charge in [0.1, 0.15) is 18.0 Å². The Kier molecular flexibility index (Phi) is 4.99. The van der Waals surface area contributed by atoms with Crippen LogP contribution in [0.15, 0.2) is 18.5 Å². The molecule has 0 spiro atoms. The first-order chi connectivity index (χ1) is 9.24. The molecule has 2 rings (SSSR count). The van der Waals surface area contributed by atoms with Crippen molar-refractivity contribution < 1.29 is 0 Å². The van der Waals surface area contributed by atoms with Crippen molar-refractivity contribution in [1.82, 2.24) is 9.97 Å². The van der Waals surface area contributed by atoms with Crippen molar-refractivity contribution in [2.24, 2.45) is 0 Å². The van der Waals surface area contributed by atoms with Gasteiger partial charge in [0.05, 0.1) is 10.9 Å². The van der Waals surface area contributed by atoms with Gasteiger partial charge < -0.3 is 10.6 Å². The van der Waals surface area contributed by atoms with Crippen LogP contribution in [0, 0.1) is 0 Å². The third-order valence-electron chi connectivity index (χ3n) is 2.74. The lowest BCUT2D eigenvalue weighted by Crippen LogP contribution is -2.08. The molecule has 6 heteroatoms. The maximum absolute atomic E-state index is 5.93. The summed E-state index contributed by atoms with van der Waals surface area (Å²) in [4.78, 5) is 9.78. The highest BCUT2D eigenvalue weighted by Gasteiger charge is 2.09. The SMILES string of the molecule is CCCc1c(NC)ncnc1NCc1ccc(Cl)s1. The topological polar surface area (TPSA) is 49.8 Å². The lowest BCUT2D eigenvalue weighted by atomic mass is 10.1. The first-order valence-corrected chi connectivity index (χ1v) is 7.43. The molecule has 2 N–H and O–H groups in total. The first-order valence-electron chi connectivity index (χ1n) is 6.24. The van der Waals surface area contributed by atoms with Crippen molar-refractivity contribution in [3.8, 4) is 0 Å². The maximum Gasteiger partial charge on any atom is 0.135 e. The molecule has 0 radical (unpaired) electrons. The summed E-state index contributed by atoms with van der Waals surface area (Å²) in [6.07, 6.45) is 3.58. The maximum atomic E-state index is 5.93. The van der Waals surface area contributed by atoms with Gasteiger partial charge in [0.15, 0.2) is 0 Å². The highest BCUT2D eigenvalue weighted by Crippen LogP contribution is 2.24. The molecule has 0 aliphatic heterocycles. The number of nitrogens with zero attached hydrogens (tertiary/aromatic N) is 2. The average molecular weight is 297 g/mol. The van der Waals surface area contributed by atoms with Crippen LogP contribution < -0.4 is 10.6 Å². The second-order valence-electron chi connectivity index (χ2n) is 4.11. The van der Waals surface area contributed by atoms with E-state index >= 15 is 0 Å². The van der Waals surface area contributed by atoms with Gasteiger partial charge in [-0.1, -0.05) is 24.9 Å². The van der Waals surface area contributed by atoms with Crippen molar-refractivity contribution in [3.05, 3.63) is 33.2 Å². The molecule has 0 aliphatic rings. The second-order valence-corrected chi connectivity index (χ2v) is 5.91. The number of rotatable bonds is 6. The number of hydrogen-bond donors (Lipinski definition) is 2.